The zero-order chi connectivity index (χ0) is 9.54. The second kappa shape index (κ2) is 2.72. The van der Waals surface area contributed by atoms with E-state index >= 15 is 0 Å². The van der Waals surface area contributed by atoms with Crippen molar-refractivity contribution in [2.24, 2.45) is 5.73 Å². The highest BCUT2D eigenvalue weighted by atomic mass is 16.3. The predicted octanol–water partition coefficient (Wildman–Crippen LogP) is 0.975. The van der Waals surface area contributed by atoms with Crippen molar-refractivity contribution in [1.82, 2.24) is 4.98 Å². The average Bonchev–Trinajstić information content (AvgIpc) is 2.60. The van der Waals surface area contributed by atoms with E-state index in [1.54, 1.807) is 12.5 Å². The molecular formula is C10H11N3O. The van der Waals surface area contributed by atoms with Gasteiger partial charge in [-0.15, -0.1) is 0 Å². The molecule has 4 nitrogen and oxygen atoms in total. The Morgan fingerprint density at radius 3 is 3.07 bits per heavy atom. The predicted molar refractivity (Wildman–Crippen MR) is 54.2 cm³/mol. The van der Waals surface area contributed by atoms with Crippen molar-refractivity contribution in [3.8, 4) is 0 Å². The number of rotatable bonds is 1. The lowest BCUT2D eigenvalue weighted by Crippen LogP contribution is -2.56. The molecule has 14 heavy (non-hydrogen) atoms. The lowest BCUT2D eigenvalue weighted by molar-refractivity contribution is 0.516. The Kier molecular flexibility index (Phi) is 1.52. The van der Waals surface area contributed by atoms with E-state index in [-0.39, 0.29) is 0 Å². The molecule has 1 aliphatic heterocycles. The molecule has 0 atom stereocenters. The minimum absolute atomic E-state index is 0.291. The fourth-order valence-electron chi connectivity index (χ4n) is 1.82. The molecule has 0 amide bonds. The third-order valence-electron chi connectivity index (χ3n) is 2.57. The molecule has 2 aromatic heterocycles. The summed E-state index contributed by atoms with van der Waals surface area (Å²) in [6, 6.07) is 4.11. The highest BCUT2D eigenvalue weighted by Gasteiger charge is 2.25. The topological polar surface area (TPSA) is 55.3 Å². The third-order valence-corrected chi connectivity index (χ3v) is 2.57. The van der Waals surface area contributed by atoms with Crippen LogP contribution in [0.4, 0.5) is 5.82 Å². The molecular weight excluding hydrogens is 178 g/mol. The van der Waals surface area contributed by atoms with E-state index in [1.807, 2.05) is 12.1 Å². The van der Waals surface area contributed by atoms with Crippen molar-refractivity contribution in [3.05, 3.63) is 24.6 Å². The van der Waals surface area contributed by atoms with Gasteiger partial charge in [-0.1, -0.05) is 0 Å². The van der Waals surface area contributed by atoms with Crippen LogP contribution < -0.4 is 10.6 Å². The Morgan fingerprint density at radius 2 is 2.29 bits per heavy atom. The molecule has 4 heteroatoms. The zero-order valence-corrected chi connectivity index (χ0v) is 7.68. The summed E-state index contributed by atoms with van der Waals surface area (Å²) in [6.45, 7) is 1.77. The standard InChI is InChI=1S/C10H11N3O/c11-7-5-13(6-7)10-8-2-4-14-9(8)1-3-12-10/h1-4,7H,5-6,11H2. The van der Waals surface area contributed by atoms with Gasteiger partial charge in [-0.2, -0.15) is 0 Å². The quantitative estimate of drug-likeness (QED) is 0.726. The van der Waals surface area contributed by atoms with Crippen molar-refractivity contribution in [2.45, 2.75) is 6.04 Å². The van der Waals surface area contributed by atoms with Crippen molar-refractivity contribution in [1.29, 1.82) is 0 Å². The number of pyridine rings is 1. The Morgan fingerprint density at radius 1 is 1.43 bits per heavy atom. The summed E-state index contributed by atoms with van der Waals surface area (Å²) in [6.07, 6.45) is 3.46. The number of furan rings is 1. The molecule has 72 valence electrons. The first-order valence-electron chi connectivity index (χ1n) is 4.67. The van der Waals surface area contributed by atoms with Gasteiger partial charge in [-0.25, -0.2) is 4.98 Å². The molecule has 2 aromatic rings. The second-order valence-corrected chi connectivity index (χ2v) is 3.63. The summed E-state index contributed by atoms with van der Waals surface area (Å²) in [5.74, 6) is 0.984. The van der Waals surface area contributed by atoms with Gasteiger partial charge in [0.15, 0.2) is 0 Å². The number of anilines is 1. The van der Waals surface area contributed by atoms with Gasteiger partial charge < -0.3 is 15.1 Å². The van der Waals surface area contributed by atoms with Gasteiger partial charge in [0.2, 0.25) is 0 Å². The Hall–Kier alpha value is -1.55. The summed E-state index contributed by atoms with van der Waals surface area (Å²) in [5.41, 5.74) is 6.62. The monoisotopic (exact) mass is 189 g/mol. The maximum absolute atomic E-state index is 5.73. The maximum atomic E-state index is 5.73. The Bertz CT molecular complexity index is 459. The highest BCUT2D eigenvalue weighted by molar-refractivity contribution is 5.88. The third kappa shape index (κ3) is 1.01. The van der Waals surface area contributed by atoms with Gasteiger partial charge >= 0.3 is 0 Å². The Labute approximate surface area is 81.3 Å². The summed E-state index contributed by atoms with van der Waals surface area (Å²) in [4.78, 5) is 6.52. The van der Waals surface area contributed by atoms with Gasteiger partial charge in [0, 0.05) is 25.3 Å². The molecule has 0 aliphatic carbocycles. The molecule has 0 saturated carbocycles. The van der Waals surface area contributed by atoms with E-state index in [9.17, 15) is 0 Å². The molecule has 1 saturated heterocycles. The van der Waals surface area contributed by atoms with E-state index in [2.05, 4.69) is 9.88 Å². The van der Waals surface area contributed by atoms with Crippen LogP contribution in [-0.2, 0) is 0 Å². The smallest absolute Gasteiger partial charge is 0.139 e. The van der Waals surface area contributed by atoms with Gasteiger partial charge in [-0.3, -0.25) is 0 Å². The van der Waals surface area contributed by atoms with Crippen LogP contribution in [0.5, 0.6) is 0 Å². The Balaban J connectivity index is 2.07. The molecule has 1 fully saturated rings. The first-order chi connectivity index (χ1) is 6.84. The number of nitrogens with zero attached hydrogens (tertiary/aromatic N) is 2. The highest BCUT2D eigenvalue weighted by Crippen LogP contribution is 2.27. The van der Waals surface area contributed by atoms with E-state index in [1.165, 1.54) is 0 Å². The molecule has 0 spiro atoms. The van der Waals surface area contributed by atoms with Crippen molar-refractivity contribution in [2.75, 3.05) is 18.0 Å². The van der Waals surface area contributed by atoms with Gasteiger partial charge in [0.1, 0.15) is 11.4 Å². The fourth-order valence-corrected chi connectivity index (χ4v) is 1.82. The maximum Gasteiger partial charge on any atom is 0.139 e. The van der Waals surface area contributed by atoms with Crippen LogP contribution in [0.1, 0.15) is 0 Å². The largest absolute Gasteiger partial charge is 0.464 e. The van der Waals surface area contributed by atoms with E-state index in [0.717, 1.165) is 29.9 Å². The first kappa shape index (κ1) is 7.82. The second-order valence-electron chi connectivity index (χ2n) is 3.63. The normalized spacial score (nSPS) is 17.4. The number of hydrogen-bond acceptors (Lipinski definition) is 4. The number of nitrogens with two attached hydrogens (primary N) is 1. The first-order valence-corrected chi connectivity index (χ1v) is 4.67. The average molecular weight is 189 g/mol. The van der Waals surface area contributed by atoms with Crippen molar-refractivity contribution < 1.29 is 4.42 Å². The molecule has 1 aliphatic rings. The summed E-state index contributed by atoms with van der Waals surface area (Å²) < 4.78 is 5.31. The van der Waals surface area contributed by atoms with Crippen LogP contribution in [0.15, 0.2) is 29.0 Å². The van der Waals surface area contributed by atoms with Crippen LogP contribution in [0, 0.1) is 0 Å². The number of aromatic nitrogens is 1. The molecule has 0 bridgehead atoms. The molecule has 3 heterocycles. The van der Waals surface area contributed by atoms with Crippen molar-refractivity contribution >= 4 is 16.8 Å². The van der Waals surface area contributed by atoms with E-state index < -0.39 is 0 Å². The van der Waals surface area contributed by atoms with Crippen LogP contribution in [0.25, 0.3) is 11.0 Å². The molecule has 0 unspecified atom stereocenters. The number of fused-ring (bicyclic) bond motifs is 1. The SMILES string of the molecule is NC1CN(c2nccc3occc23)C1. The van der Waals surface area contributed by atoms with Crippen LogP contribution >= 0.6 is 0 Å². The van der Waals surface area contributed by atoms with Crippen LogP contribution in [0.2, 0.25) is 0 Å². The molecule has 0 radical (unpaired) electrons. The van der Waals surface area contributed by atoms with E-state index in [0.29, 0.717) is 6.04 Å². The zero-order valence-electron chi connectivity index (χ0n) is 7.68. The summed E-state index contributed by atoms with van der Waals surface area (Å²) in [7, 11) is 0. The van der Waals surface area contributed by atoms with Crippen LogP contribution in [0.3, 0.4) is 0 Å². The van der Waals surface area contributed by atoms with E-state index in [4.69, 9.17) is 10.2 Å². The summed E-state index contributed by atoms with van der Waals surface area (Å²) >= 11 is 0. The van der Waals surface area contributed by atoms with Gasteiger partial charge in [0.25, 0.3) is 0 Å². The lowest BCUT2D eigenvalue weighted by Gasteiger charge is -2.37. The number of hydrogen-bond donors (Lipinski definition) is 1. The van der Waals surface area contributed by atoms with Crippen molar-refractivity contribution in [3.63, 3.8) is 0 Å². The van der Waals surface area contributed by atoms with Crippen LogP contribution in [-0.4, -0.2) is 24.1 Å². The minimum Gasteiger partial charge on any atom is -0.464 e. The molecule has 3 rings (SSSR count). The van der Waals surface area contributed by atoms with Gasteiger partial charge in [0.05, 0.1) is 11.6 Å². The van der Waals surface area contributed by atoms with Gasteiger partial charge in [-0.05, 0) is 12.1 Å². The lowest BCUT2D eigenvalue weighted by atomic mass is 10.1. The molecule has 2 N–H and O–H groups in total. The minimum atomic E-state index is 0.291. The summed E-state index contributed by atoms with van der Waals surface area (Å²) in [5, 5.41) is 1.07. The molecule has 0 aromatic carbocycles. The fraction of sp³-hybridized carbons (Fsp3) is 0.300.